The maximum Gasteiger partial charge on any atom is 0.255 e. The van der Waals surface area contributed by atoms with Crippen LogP contribution >= 0.6 is 11.6 Å². The van der Waals surface area contributed by atoms with Crippen molar-refractivity contribution in [1.29, 1.82) is 0 Å². The zero-order valence-corrected chi connectivity index (χ0v) is 22.1. The van der Waals surface area contributed by atoms with Crippen LogP contribution in [0.25, 0.3) is 0 Å². The van der Waals surface area contributed by atoms with Crippen LogP contribution in [0.2, 0.25) is 5.02 Å². The predicted octanol–water partition coefficient (Wildman–Crippen LogP) is 4.92. The predicted molar refractivity (Wildman–Crippen MR) is 152 cm³/mol. The molecule has 5 rings (SSSR count). The standard InChI is InChI=1S/C27H30ClN9O2/c28-20-7-5-19(6-8-20)24(39)32-22-10-9-21(17-23(22)38)31-26-33-25(30-11-4-13-36-16-12-29-18-36)34-27(35-26)37-14-2-1-3-15-37/h5-10,12,16-18,38H,1-4,11,13-15H2,(H,32,39)(H2,30,31,33,34,35). The molecule has 0 atom stereocenters. The van der Waals surface area contributed by atoms with Gasteiger partial charge < -0.3 is 30.5 Å². The van der Waals surface area contributed by atoms with Crippen molar-refractivity contribution in [2.45, 2.75) is 32.2 Å². The molecule has 0 radical (unpaired) electrons. The normalized spacial score (nSPS) is 13.2. The Labute approximate surface area is 231 Å². The van der Waals surface area contributed by atoms with Crippen LogP contribution in [0.1, 0.15) is 36.0 Å². The molecule has 1 saturated heterocycles. The molecule has 0 bridgehead atoms. The SMILES string of the molecule is O=C(Nc1ccc(Nc2nc(NCCCn3ccnc3)nc(N3CCCCC3)n2)cc1O)c1ccc(Cl)cc1. The number of rotatable bonds is 10. The fourth-order valence-electron chi connectivity index (χ4n) is 4.26. The average molecular weight is 548 g/mol. The molecule has 1 aliphatic heterocycles. The monoisotopic (exact) mass is 547 g/mol. The number of phenolic OH excluding ortho intramolecular Hbond substituents is 1. The molecule has 1 fully saturated rings. The van der Waals surface area contributed by atoms with Gasteiger partial charge in [-0.25, -0.2) is 4.98 Å². The summed E-state index contributed by atoms with van der Waals surface area (Å²) < 4.78 is 2.02. The van der Waals surface area contributed by atoms with Crippen LogP contribution in [0.5, 0.6) is 5.75 Å². The summed E-state index contributed by atoms with van der Waals surface area (Å²) >= 11 is 5.90. The fourth-order valence-corrected chi connectivity index (χ4v) is 4.38. The topological polar surface area (TPSA) is 133 Å². The number of aromatic nitrogens is 5. The Kier molecular flexibility index (Phi) is 8.37. The van der Waals surface area contributed by atoms with E-state index in [2.05, 4.69) is 40.8 Å². The summed E-state index contributed by atoms with van der Waals surface area (Å²) in [5.41, 5.74) is 1.28. The Bertz CT molecular complexity index is 1390. The van der Waals surface area contributed by atoms with E-state index in [0.717, 1.165) is 38.9 Å². The van der Waals surface area contributed by atoms with Gasteiger partial charge in [-0.05, 0) is 62.1 Å². The zero-order chi connectivity index (χ0) is 27.0. The lowest BCUT2D eigenvalue weighted by Crippen LogP contribution is -2.31. The number of carbonyl (C=O) groups is 1. The number of hydrogen-bond donors (Lipinski definition) is 4. The van der Waals surface area contributed by atoms with Gasteiger partial charge in [0.25, 0.3) is 5.91 Å². The van der Waals surface area contributed by atoms with E-state index in [1.165, 1.54) is 12.5 Å². The number of phenols is 1. The van der Waals surface area contributed by atoms with Gasteiger partial charge in [0.05, 0.1) is 12.0 Å². The van der Waals surface area contributed by atoms with Crippen LogP contribution in [0, 0.1) is 0 Å². The van der Waals surface area contributed by atoms with Gasteiger partial charge in [0.15, 0.2) is 0 Å². The summed E-state index contributed by atoms with van der Waals surface area (Å²) in [6, 6.07) is 11.4. The number of amides is 1. The van der Waals surface area contributed by atoms with Crippen molar-refractivity contribution in [3.05, 3.63) is 71.8 Å². The van der Waals surface area contributed by atoms with Gasteiger partial charge in [-0.15, -0.1) is 0 Å². The maximum absolute atomic E-state index is 12.5. The van der Waals surface area contributed by atoms with E-state index in [0.29, 0.717) is 40.7 Å². The highest BCUT2D eigenvalue weighted by atomic mass is 35.5. The molecular weight excluding hydrogens is 518 g/mol. The van der Waals surface area contributed by atoms with Crippen molar-refractivity contribution in [1.82, 2.24) is 24.5 Å². The van der Waals surface area contributed by atoms with Crippen LogP contribution < -0.4 is 20.9 Å². The molecule has 2 aromatic carbocycles. The lowest BCUT2D eigenvalue weighted by Gasteiger charge is -2.27. The zero-order valence-electron chi connectivity index (χ0n) is 21.3. The molecule has 4 N–H and O–H groups in total. The molecule has 12 heteroatoms. The number of anilines is 5. The Balaban J connectivity index is 1.28. The summed E-state index contributed by atoms with van der Waals surface area (Å²) in [4.78, 5) is 32.6. The Morgan fingerprint density at radius 2 is 1.79 bits per heavy atom. The number of nitrogens with one attached hydrogen (secondary N) is 3. The van der Waals surface area contributed by atoms with E-state index >= 15 is 0 Å². The Morgan fingerprint density at radius 3 is 2.54 bits per heavy atom. The minimum absolute atomic E-state index is 0.0922. The molecule has 11 nitrogen and oxygen atoms in total. The maximum atomic E-state index is 12.5. The highest BCUT2D eigenvalue weighted by Gasteiger charge is 2.17. The first-order valence-corrected chi connectivity index (χ1v) is 13.3. The fraction of sp³-hybridized carbons (Fsp3) is 0.296. The van der Waals surface area contributed by atoms with E-state index < -0.39 is 0 Å². The molecular formula is C27H30ClN9O2. The number of benzene rings is 2. The van der Waals surface area contributed by atoms with Crippen molar-refractivity contribution in [2.24, 2.45) is 0 Å². The number of halogens is 1. The van der Waals surface area contributed by atoms with E-state index in [-0.39, 0.29) is 17.3 Å². The largest absolute Gasteiger partial charge is 0.506 e. The molecule has 0 unspecified atom stereocenters. The number of imidazole rings is 1. The molecule has 0 spiro atoms. The van der Waals surface area contributed by atoms with Crippen LogP contribution in [0.15, 0.2) is 61.2 Å². The van der Waals surface area contributed by atoms with Crippen molar-refractivity contribution < 1.29 is 9.90 Å². The number of hydrogen-bond acceptors (Lipinski definition) is 9. The highest BCUT2D eigenvalue weighted by Crippen LogP contribution is 2.29. The van der Waals surface area contributed by atoms with Gasteiger partial charge in [-0.2, -0.15) is 15.0 Å². The van der Waals surface area contributed by atoms with Crippen molar-refractivity contribution in [3.8, 4) is 5.75 Å². The van der Waals surface area contributed by atoms with Gasteiger partial charge in [-0.1, -0.05) is 11.6 Å². The molecule has 4 aromatic rings. The van der Waals surface area contributed by atoms with Crippen LogP contribution in [0.3, 0.4) is 0 Å². The molecule has 1 aliphatic rings. The van der Waals surface area contributed by atoms with Gasteiger partial charge >= 0.3 is 0 Å². The minimum Gasteiger partial charge on any atom is -0.506 e. The van der Waals surface area contributed by atoms with Crippen LogP contribution in [-0.4, -0.2) is 55.2 Å². The van der Waals surface area contributed by atoms with Crippen LogP contribution in [-0.2, 0) is 6.54 Å². The summed E-state index contributed by atoms with van der Waals surface area (Å²) in [5.74, 6) is 1.01. The Morgan fingerprint density at radius 1 is 1.00 bits per heavy atom. The third kappa shape index (κ3) is 7.14. The summed E-state index contributed by atoms with van der Waals surface area (Å²) in [5, 5.41) is 20.3. The van der Waals surface area contributed by atoms with Crippen molar-refractivity contribution in [3.63, 3.8) is 0 Å². The quantitative estimate of drug-likeness (QED) is 0.161. The van der Waals surface area contributed by atoms with E-state index in [9.17, 15) is 9.90 Å². The Hall–Kier alpha value is -4.38. The average Bonchev–Trinajstić information content (AvgIpc) is 3.47. The second kappa shape index (κ2) is 12.4. The number of carbonyl (C=O) groups excluding carboxylic acids is 1. The van der Waals surface area contributed by atoms with Gasteiger partial charge in [0.1, 0.15) is 5.75 Å². The summed E-state index contributed by atoms with van der Waals surface area (Å²) in [7, 11) is 0. The third-order valence-electron chi connectivity index (χ3n) is 6.31. The molecule has 0 aliphatic carbocycles. The number of aromatic hydroxyl groups is 1. The minimum atomic E-state index is -0.352. The van der Waals surface area contributed by atoms with Gasteiger partial charge in [0, 0.05) is 60.9 Å². The third-order valence-corrected chi connectivity index (χ3v) is 6.56. The van der Waals surface area contributed by atoms with Crippen molar-refractivity contribution in [2.75, 3.05) is 40.5 Å². The van der Waals surface area contributed by atoms with E-state index in [1.54, 1.807) is 48.9 Å². The molecule has 39 heavy (non-hydrogen) atoms. The number of nitrogens with zero attached hydrogens (tertiary/aromatic N) is 6. The first-order valence-electron chi connectivity index (χ1n) is 12.9. The molecule has 2 aromatic heterocycles. The molecule has 0 saturated carbocycles. The number of piperidine rings is 1. The lowest BCUT2D eigenvalue weighted by molar-refractivity contribution is 0.102. The second-order valence-electron chi connectivity index (χ2n) is 9.23. The first kappa shape index (κ1) is 26.2. The van der Waals surface area contributed by atoms with E-state index in [1.807, 2.05) is 10.8 Å². The van der Waals surface area contributed by atoms with Gasteiger partial charge in [0.2, 0.25) is 17.8 Å². The lowest BCUT2D eigenvalue weighted by atomic mass is 10.1. The number of aryl methyl sites for hydroxylation is 1. The highest BCUT2D eigenvalue weighted by molar-refractivity contribution is 6.30. The van der Waals surface area contributed by atoms with Crippen LogP contribution in [0.4, 0.5) is 29.2 Å². The smallest absolute Gasteiger partial charge is 0.255 e. The molecule has 202 valence electrons. The molecule has 1 amide bonds. The van der Waals surface area contributed by atoms with E-state index in [4.69, 9.17) is 11.6 Å². The summed E-state index contributed by atoms with van der Waals surface area (Å²) in [6.07, 6.45) is 9.76. The summed E-state index contributed by atoms with van der Waals surface area (Å²) in [6.45, 7) is 3.31. The second-order valence-corrected chi connectivity index (χ2v) is 9.67. The van der Waals surface area contributed by atoms with Gasteiger partial charge in [-0.3, -0.25) is 4.79 Å². The first-order chi connectivity index (χ1) is 19.0. The molecule has 3 heterocycles. The van der Waals surface area contributed by atoms with Crippen molar-refractivity contribution >= 4 is 46.7 Å².